The van der Waals surface area contributed by atoms with Crippen molar-refractivity contribution < 1.29 is 9.59 Å². The van der Waals surface area contributed by atoms with Gasteiger partial charge in [0.1, 0.15) is 5.82 Å². The molecule has 2 N–H and O–H groups in total. The molecule has 8 nitrogen and oxygen atoms in total. The molecule has 3 heterocycles. The molecule has 142 valence electrons. The van der Waals surface area contributed by atoms with Gasteiger partial charge < -0.3 is 15.5 Å². The van der Waals surface area contributed by atoms with Crippen molar-refractivity contribution in [1.82, 2.24) is 25.2 Å². The summed E-state index contributed by atoms with van der Waals surface area (Å²) in [6, 6.07) is 5.74. The first-order chi connectivity index (χ1) is 13.0. The predicted octanol–water partition coefficient (Wildman–Crippen LogP) is 1.77. The molecule has 2 amide bonds. The van der Waals surface area contributed by atoms with Crippen molar-refractivity contribution in [2.24, 2.45) is 0 Å². The van der Waals surface area contributed by atoms with Gasteiger partial charge in [0.15, 0.2) is 0 Å². The second-order valence-corrected chi connectivity index (χ2v) is 6.74. The van der Waals surface area contributed by atoms with Gasteiger partial charge in [0.05, 0.1) is 12.2 Å². The number of amides is 2. The average molecular weight is 368 g/mol. The van der Waals surface area contributed by atoms with Gasteiger partial charge in [-0.2, -0.15) is 0 Å². The van der Waals surface area contributed by atoms with Gasteiger partial charge in [0.2, 0.25) is 17.8 Å². The summed E-state index contributed by atoms with van der Waals surface area (Å²) < 4.78 is 0. The van der Waals surface area contributed by atoms with E-state index in [0.29, 0.717) is 24.9 Å². The molecule has 1 atom stereocenters. The van der Waals surface area contributed by atoms with E-state index < -0.39 is 0 Å². The van der Waals surface area contributed by atoms with Gasteiger partial charge >= 0.3 is 0 Å². The minimum Gasteiger partial charge on any atom is -0.347 e. The Kier molecular flexibility index (Phi) is 5.95. The fraction of sp³-hybridized carbons (Fsp3) is 0.421. The molecule has 1 fully saturated rings. The van der Waals surface area contributed by atoms with Crippen LogP contribution in [-0.2, 0) is 9.59 Å². The number of anilines is 2. The Morgan fingerprint density at radius 1 is 1.26 bits per heavy atom. The highest BCUT2D eigenvalue weighted by molar-refractivity contribution is 5.83. The summed E-state index contributed by atoms with van der Waals surface area (Å²) >= 11 is 0. The van der Waals surface area contributed by atoms with Crippen molar-refractivity contribution in [2.75, 3.05) is 25.0 Å². The SMILES string of the molecule is CC(=O)NCC(=O)N1CCC[C@@H](c2ccnc(Nc3ccc(C)cn3)n2)C1. The molecule has 3 rings (SSSR count). The van der Waals surface area contributed by atoms with E-state index in [4.69, 9.17) is 0 Å². The Morgan fingerprint density at radius 2 is 2.11 bits per heavy atom. The average Bonchev–Trinajstić information content (AvgIpc) is 2.68. The maximum Gasteiger partial charge on any atom is 0.241 e. The molecule has 1 saturated heterocycles. The highest BCUT2D eigenvalue weighted by Crippen LogP contribution is 2.26. The Morgan fingerprint density at radius 3 is 2.85 bits per heavy atom. The number of piperidine rings is 1. The summed E-state index contributed by atoms with van der Waals surface area (Å²) in [7, 11) is 0. The Hall–Kier alpha value is -3.03. The van der Waals surface area contributed by atoms with Crippen molar-refractivity contribution in [2.45, 2.75) is 32.6 Å². The van der Waals surface area contributed by atoms with Crippen LogP contribution < -0.4 is 10.6 Å². The highest BCUT2D eigenvalue weighted by atomic mass is 16.2. The largest absolute Gasteiger partial charge is 0.347 e. The van der Waals surface area contributed by atoms with E-state index >= 15 is 0 Å². The second kappa shape index (κ2) is 8.57. The third kappa shape index (κ3) is 5.22. The van der Waals surface area contributed by atoms with E-state index in [1.807, 2.05) is 25.1 Å². The molecule has 0 saturated carbocycles. The number of pyridine rings is 1. The molecule has 1 aliphatic rings. The summed E-state index contributed by atoms with van der Waals surface area (Å²) in [6.07, 6.45) is 5.37. The van der Waals surface area contributed by atoms with Crippen molar-refractivity contribution in [3.63, 3.8) is 0 Å². The van der Waals surface area contributed by atoms with Crippen LogP contribution in [0.5, 0.6) is 0 Å². The number of carbonyl (C=O) groups excluding carboxylic acids is 2. The van der Waals surface area contributed by atoms with Crippen LogP contribution in [0.1, 0.15) is 36.9 Å². The van der Waals surface area contributed by atoms with Crippen LogP contribution in [0.4, 0.5) is 11.8 Å². The first-order valence-electron chi connectivity index (χ1n) is 9.06. The zero-order valence-corrected chi connectivity index (χ0v) is 15.6. The lowest BCUT2D eigenvalue weighted by molar-refractivity contribution is -0.133. The Bertz CT molecular complexity index is 808. The van der Waals surface area contributed by atoms with Crippen LogP contribution in [0.25, 0.3) is 0 Å². The maximum atomic E-state index is 12.3. The molecule has 8 heteroatoms. The topological polar surface area (TPSA) is 100 Å². The summed E-state index contributed by atoms with van der Waals surface area (Å²) in [4.78, 5) is 38.3. The highest BCUT2D eigenvalue weighted by Gasteiger charge is 2.25. The van der Waals surface area contributed by atoms with E-state index in [1.165, 1.54) is 6.92 Å². The monoisotopic (exact) mass is 368 g/mol. The molecule has 27 heavy (non-hydrogen) atoms. The normalized spacial score (nSPS) is 16.7. The molecule has 0 spiro atoms. The van der Waals surface area contributed by atoms with Gasteiger partial charge in [-0.05, 0) is 37.5 Å². The van der Waals surface area contributed by atoms with Gasteiger partial charge in [-0.3, -0.25) is 9.59 Å². The van der Waals surface area contributed by atoms with Gasteiger partial charge in [-0.25, -0.2) is 15.0 Å². The standard InChI is InChI=1S/C19H24N6O2/c1-13-5-6-17(22-10-13)24-19-20-8-7-16(23-19)15-4-3-9-25(12-15)18(27)11-21-14(2)26/h5-8,10,15H,3-4,9,11-12H2,1-2H3,(H,21,26)(H,20,22,23,24)/t15-/m1/s1. The van der Waals surface area contributed by atoms with E-state index in [-0.39, 0.29) is 24.3 Å². The lowest BCUT2D eigenvalue weighted by Crippen LogP contribution is -2.44. The smallest absolute Gasteiger partial charge is 0.241 e. The molecule has 0 aromatic carbocycles. The minimum atomic E-state index is -0.201. The van der Waals surface area contributed by atoms with Gasteiger partial charge in [0.25, 0.3) is 0 Å². The van der Waals surface area contributed by atoms with Crippen LogP contribution in [-0.4, -0.2) is 51.3 Å². The number of nitrogens with one attached hydrogen (secondary N) is 2. The summed E-state index contributed by atoms with van der Waals surface area (Å²) in [5, 5.41) is 5.68. The first kappa shape index (κ1) is 18.8. The fourth-order valence-corrected chi connectivity index (χ4v) is 3.07. The third-order valence-electron chi connectivity index (χ3n) is 4.51. The minimum absolute atomic E-state index is 0.0394. The summed E-state index contributed by atoms with van der Waals surface area (Å²) in [6.45, 7) is 4.73. The van der Waals surface area contributed by atoms with Crippen LogP contribution >= 0.6 is 0 Å². The van der Waals surface area contributed by atoms with Crippen LogP contribution in [0.2, 0.25) is 0 Å². The molecule has 1 aliphatic heterocycles. The zero-order chi connectivity index (χ0) is 19.2. The van der Waals surface area contributed by atoms with Crippen LogP contribution in [0.15, 0.2) is 30.6 Å². The number of carbonyl (C=O) groups is 2. The second-order valence-electron chi connectivity index (χ2n) is 6.74. The molecule has 0 radical (unpaired) electrons. The van der Waals surface area contributed by atoms with Crippen molar-refractivity contribution in [1.29, 1.82) is 0 Å². The lowest BCUT2D eigenvalue weighted by Gasteiger charge is -2.32. The Balaban J connectivity index is 1.66. The Labute approximate surface area is 158 Å². The van der Waals surface area contributed by atoms with Crippen LogP contribution in [0.3, 0.4) is 0 Å². The quantitative estimate of drug-likeness (QED) is 0.834. The van der Waals surface area contributed by atoms with Crippen molar-refractivity contribution >= 4 is 23.6 Å². The van der Waals surface area contributed by atoms with Gasteiger partial charge in [-0.15, -0.1) is 0 Å². The van der Waals surface area contributed by atoms with Crippen LogP contribution in [0, 0.1) is 6.92 Å². The number of rotatable bonds is 5. The summed E-state index contributed by atoms with van der Waals surface area (Å²) in [5.41, 5.74) is 1.98. The molecule has 2 aromatic heterocycles. The van der Waals surface area contributed by atoms with Crippen molar-refractivity contribution in [3.8, 4) is 0 Å². The number of nitrogens with zero attached hydrogens (tertiary/aromatic N) is 4. The molecule has 0 aliphatic carbocycles. The fourth-order valence-electron chi connectivity index (χ4n) is 3.07. The number of likely N-dealkylation sites (tertiary alicyclic amines) is 1. The van der Waals surface area contributed by atoms with Gasteiger partial charge in [0, 0.05) is 38.3 Å². The summed E-state index contributed by atoms with van der Waals surface area (Å²) in [5.74, 6) is 1.06. The number of aryl methyl sites for hydroxylation is 1. The molecular weight excluding hydrogens is 344 g/mol. The van der Waals surface area contributed by atoms with E-state index in [1.54, 1.807) is 17.3 Å². The molecule has 0 unspecified atom stereocenters. The van der Waals surface area contributed by atoms with E-state index in [2.05, 4.69) is 25.6 Å². The van der Waals surface area contributed by atoms with Crippen molar-refractivity contribution in [3.05, 3.63) is 41.9 Å². The number of hydrogen-bond donors (Lipinski definition) is 2. The predicted molar refractivity (Wildman–Crippen MR) is 102 cm³/mol. The van der Waals surface area contributed by atoms with E-state index in [9.17, 15) is 9.59 Å². The number of aromatic nitrogens is 3. The lowest BCUT2D eigenvalue weighted by atomic mass is 9.94. The molecule has 0 bridgehead atoms. The zero-order valence-electron chi connectivity index (χ0n) is 15.6. The van der Waals surface area contributed by atoms with Gasteiger partial charge in [-0.1, -0.05) is 6.07 Å². The molecule has 2 aromatic rings. The number of hydrogen-bond acceptors (Lipinski definition) is 6. The first-order valence-corrected chi connectivity index (χ1v) is 9.06. The maximum absolute atomic E-state index is 12.3. The van der Waals surface area contributed by atoms with E-state index in [0.717, 1.165) is 24.1 Å². The third-order valence-corrected chi connectivity index (χ3v) is 4.51. The molecular formula is C19H24N6O2.